The summed E-state index contributed by atoms with van der Waals surface area (Å²) >= 11 is 0. The highest BCUT2D eigenvalue weighted by Gasteiger charge is 2.19. The van der Waals surface area contributed by atoms with Gasteiger partial charge in [0.2, 0.25) is 0 Å². The molecule has 0 unspecified atom stereocenters. The first-order chi connectivity index (χ1) is 15.2. The van der Waals surface area contributed by atoms with E-state index in [0.717, 1.165) is 37.6 Å². The third kappa shape index (κ3) is 7.20. The van der Waals surface area contributed by atoms with E-state index in [-0.39, 0.29) is 0 Å². The van der Waals surface area contributed by atoms with E-state index in [1.807, 2.05) is 51.1 Å². The van der Waals surface area contributed by atoms with Crippen LogP contribution in [-0.4, -0.2) is 41.4 Å². The molecule has 0 bridgehead atoms. The standard InChI is InChI=1S/C21H28N8.C2H6/c1-3-18(10-9-16(2)26-22)19-25-21(29-13-11-23-12-14-29)20(28-27-19)24-15-17-7-5-4-6-8-17;1-2/h3-10,23,26H,2,11-15,22H2,1H3,(H,24,28);1-2H3/b10-9-,18-3+;. The molecule has 1 fully saturated rings. The lowest BCUT2D eigenvalue weighted by Gasteiger charge is -2.29. The number of hydrazine groups is 1. The second-order valence-corrected chi connectivity index (χ2v) is 6.63. The molecule has 0 atom stereocenters. The first-order valence-corrected chi connectivity index (χ1v) is 10.7. The van der Waals surface area contributed by atoms with Crippen LogP contribution in [0.3, 0.4) is 0 Å². The molecule has 1 aromatic carbocycles. The van der Waals surface area contributed by atoms with E-state index in [1.165, 1.54) is 5.56 Å². The molecule has 31 heavy (non-hydrogen) atoms. The average molecular weight is 423 g/mol. The molecule has 0 spiro atoms. The van der Waals surface area contributed by atoms with Crippen LogP contribution in [-0.2, 0) is 6.54 Å². The highest BCUT2D eigenvalue weighted by atomic mass is 15.3. The van der Waals surface area contributed by atoms with Gasteiger partial charge in [-0.15, -0.1) is 10.2 Å². The quantitative estimate of drug-likeness (QED) is 0.292. The first-order valence-electron chi connectivity index (χ1n) is 10.7. The molecular weight excluding hydrogens is 388 g/mol. The fraction of sp³-hybridized carbons (Fsp3) is 0.348. The normalized spacial score (nSPS) is 14.1. The molecule has 1 aliphatic heterocycles. The van der Waals surface area contributed by atoms with Gasteiger partial charge >= 0.3 is 0 Å². The number of benzene rings is 1. The third-order valence-electron chi connectivity index (χ3n) is 4.61. The number of anilines is 2. The van der Waals surface area contributed by atoms with Crippen LogP contribution in [0.1, 0.15) is 32.2 Å². The van der Waals surface area contributed by atoms with Gasteiger partial charge in [0.25, 0.3) is 0 Å². The minimum atomic E-state index is 0.562. The number of allylic oxidation sites excluding steroid dienone is 4. The first kappa shape index (κ1) is 24.0. The van der Waals surface area contributed by atoms with Crippen LogP contribution in [0.5, 0.6) is 0 Å². The zero-order valence-corrected chi connectivity index (χ0v) is 18.7. The molecule has 166 valence electrons. The molecule has 0 saturated carbocycles. The van der Waals surface area contributed by atoms with Gasteiger partial charge in [-0.25, -0.2) is 4.98 Å². The molecule has 0 radical (unpaired) electrons. The molecule has 2 aromatic rings. The molecule has 5 N–H and O–H groups in total. The summed E-state index contributed by atoms with van der Waals surface area (Å²) < 4.78 is 0. The maximum Gasteiger partial charge on any atom is 0.192 e. The number of rotatable bonds is 8. The van der Waals surface area contributed by atoms with Crippen molar-refractivity contribution in [3.63, 3.8) is 0 Å². The molecular formula is C23H34N8. The number of hydrogen-bond acceptors (Lipinski definition) is 8. The van der Waals surface area contributed by atoms with Crippen molar-refractivity contribution in [2.45, 2.75) is 27.3 Å². The molecule has 1 aromatic heterocycles. The van der Waals surface area contributed by atoms with Crippen LogP contribution < -0.4 is 26.8 Å². The lowest BCUT2D eigenvalue weighted by Crippen LogP contribution is -2.44. The number of nitrogens with two attached hydrogens (primary N) is 1. The lowest BCUT2D eigenvalue weighted by molar-refractivity contribution is 0.583. The molecule has 1 aliphatic rings. The van der Waals surface area contributed by atoms with E-state index in [1.54, 1.807) is 6.08 Å². The number of nitrogens with one attached hydrogen (secondary N) is 3. The minimum Gasteiger partial charge on any atom is -0.361 e. The number of hydrogen-bond donors (Lipinski definition) is 4. The molecule has 3 rings (SSSR count). The Hall–Kier alpha value is -3.23. The van der Waals surface area contributed by atoms with Crippen molar-refractivity contribution >= 4 is 17.2 Å². The van der Waals surface area contributed by atoms with E-state index >= 15 is 0 Å². The highest BCUT2D eigenvalue weighted by Crippen LogP contribution is 2.24. The van der Waals surface area contributed by atoms with Gasteiger partial charge in [-0.1, -0.05) is 56.8 Å². The van der Waals surface area contributed by atoms with Crippen molar-refractivity contribution in [3.05, 3.63) is 72.2 Å². The molecule has 2 heterocycles. The Morgan fingerprint density at radius 1 is 1.16 bits per heavy atom. The summed E-state index contributed by atoms with van der Waals surface area (Å²) in [7, 11) is 0. The number of nitrogens with zero attached hydrogens (tertiary/aromatic N) is 4. The van der Waals surface area contributed by atoms with Crippen molar-refractivity contribution in [1.82, 2.24) is 25.9 Å². The van der Waals surface area contributed by atoms with Crippen molar-refractivity contribution in [3.8, 4) is 0 Å². The summed E-state index contributed by atoms with van der Waals surface area (Å²) in [6, 6.07) is 10.2. The number of aromatic nitrogens is 3. The summed E-state index contributed by atoms with van der Waals surface area (Å²) in [6.45, 7) is 14.0. The summed E-state index contributed by atoms with van der Waals surface area (Å²) in [5, 5.41) is 15.6. The Morgan fingerprint density at radius 2 is 1.87 bits per heavy atom. The van der Waals surface area contributed by atoms with Crippen LogP contribution in [0.2, 0.25) is 0 Å². The van der Waals surface area contributed by atoms with E-state index < -0.39 is 0 Å². The van der Waals surface area contributed by atoms with Crippen LogP contribution in [0, 0.1) is 0 Å². The van der Waals surface area contributed by atoms with Crippen molar-refractivity contribution in [2.24, 2.45) is 5.84 Å². The molecule has 0 amide bonds. The minimum absolute atomic E-state index is 0.562. The predicted octanol–water partition coefficient (Wildman–Crippen LogP) is 2.86. The molecule has 0 aliphatic carbocycles. The topological polar surface area (TPSA) is 104 Å². The predicted molar refractivity (Wildman–Crippen MR) is 129 cm³/mol. The average Bonchev–Trinajstić information content (AvgIpc) is 2.85. The van der Waals surface area contributed by atoms with Crippen molar-refractivity contribution in [1.29, 1.82) is 0 Å². The molecule has 1 saturated heterocycles. The lowest BCUT2D eigenvalue weighted by atomic mass is 10.2. The van der Waals surface area contributed by atoms with Gasteiger partial charge in [0.1, 0.15) is 0 Å². The Kier molecular flexibility index (Phi) is 10.2. The maximum atomic E-state index is 5.38. The Labute approximate surface area is 185 Å². The largest absolute Gasteiger partial charge is 0.361 e. The second kappa shape index (κ2) is 13.1. The SMILES string of the molecule is C=C(/C=C\C(=C/C)c1nnc(NCc2ccccc2)c(N2CCNCC2)n1)NN.CC. The molecule has 8 heteroatoms. The van der Waals surface area contributed by atoms with Crippen molar-refractivity contribution in [2.75, 3.05) is 36.4 Å². The van der Waals surface area contributed by atoms with E-state index in [9.17, 15) is 0 Å². The zero-order chi connectivity index (χ0) is 22.5. The summed E-state index contributed by atoms with van der Waals surface area (Å²) in [5.41, 5.74) is 5.13. The fourth-order valence-corrected chi connectivity index (χ4v) is 2.97. The van der Waals surface area contributed by atoms with Gasteiger partial charge in [-0.2, -0.15) is 0 Å². The van der Waals surface area contributed by atoms with Crippen LogP contribution in [0.4, 0.5) is 11.6 Å². The van der Waals surface area contributed by atoms with Crippen LogP contribution in [0.25, 0.3) is 5.57 Å². The van der Waals surface area contributed by atoms with Gasteiger partial charge in [0.05, 0.1) is 0 Å². The van der Waals surface area contributed by atoms with Crippen LogP contribution >= 0.6 is 0 Å². The van der Waals surface area contributed by atoms with Gasteiger partial charge < -0.3 is 21.0 Å². The summed E-state index contributed by atoms with van der Waals surface area (Å²) in [6.07, 6.45) is 5.60. The smallest absolute Gasteiger partial charge is 0.192 e. The number of piperazine rings is 1. The summed E-state index contributed by atoms with van der Waals surface area (Å²) in [4.78, 5) is 7.08. The second-order valence-electron chi connectivity index (χ2n) is 6.63. The van der Waals surface area contributed by atoms with Gasteiger partial charge in [-0.3, -0.25) is 5.84 Å². The fourth-order valence-electron chi connectivity index (χ4n) is 2.97. The summed E-state index contributed by atoms with van der Waals surface area (Å²) in [5.74, 6) is 7.44. The Morgan fingerprint density at radius 3 is 2.52 bits per heavy atom. The van der Waals surface area contributed by atoms with Crippen LogP contribution in [0.15, 0.2) is 60.8 Å². The monoisotopic (exact) mass is 422 g/mol. The van der Waals surface area contributed by atoms with E-state index in [2.05, 4.69) is 49.9 Å². The van der Waals surface area contributed by atoms with Gasteiger partial charge in [0.15, 0.2) is 17.5 Å². The molecule has 8 nitrogen and oxygen atoms in total. The van der Waals surface area contributed by atoms with E-state index in [4.69, 9.17) is 10.8 Å². The highest BCUT2D eigenvalue weighted by molar-refractivity contribution is 5.72. The Balaban J connectivity index is 0.00000166. The zero-order valence-electron chi connectivity index (χ0n) is 18.7. The third-order valence-corrected chi connectivity index (χ3v) is 4.61. The van der Waals surface area contributed by atoms with Gasteiger partial charge in [-0.05, 0) is 24.6 Å². The Bertz CT molecular complexity index is 870. The van der Waals surface area contributed by atoms with Crippen molar-refractivity contribution < 1.29 is 0 Å². The van der Waals surface area contributed by atoms with Gasteiger partial charge in [0, 0.05) is 44.0 Å². The van der Waals surface area contributed by atoms with E-state index in [0.29, 0.717) is 23.9 Å². The maximum absolute atomic E-state index is 5.38.